The number of hydrogen-bond donors (Lipinski definition) is 2. The number of rotatable bonds is 4. The van der Waals surface area contributed by atoms with E-state index in [1.807, 2.05) is 6.92 Å². The molecule has 3 saturated carbocycles. The molecule has 3 aliphatic carbocycles. The summed E-state index contributed by atoms with van der Waals surface area (Å²) < 4.78 is 0. The van der Waals surface area contributed by atoms with E-state index in [1.165, 1.54) is 19.3 Å². The van der Waals surface area contributed by atoms with Crippen molar-refractivity contribution in [2.24, 2.45) is 29.6 Å². The van der Waals surface area contributed by atoms with Crippen LogP contribution >= 0.6 is 11.6 Å². The SMILES string of the molecule is CCNC(=O)c1cc(NC(=O)C2[C@@H]3[C@H]4CC[C@H](C4)[C@H]23)ccc1Cl. The molecule has 5 heteroatoms. The van der Waals surface area contributed by atoms with Gasteiger partial charge >= 0.3 is 0 Å². The van der Waals surface area contributed by atoms with E-state index in [1.54, 1.807) is 18.2 Å². The van der Waals surface area contributed by atoms with Crippen LogP contribution in [0, 0.1) is 29.6 Å². The van der Waals surface area contributed by atoms with Gasteiger partial charge in [-0.15, -0.1) is 0 Å². The lowest BCUT2D eigenvalue weighted by Gasteiger charge is -2.11. The Morgan fingerprint density at radius 1 is 1.22 bits per heavy atom. The van der Waals surface area contributed by atoms with Gasteiger partial charge in [-0.1, -0.05) is 11.6 Å². The van der Waals surface area contributed by atoms with Crippen molar-refractivity contribution in [2.75, 3.05) is 11.9 Å². The Labute approximate surface area is 141 Å². The van der Waals surface area contributed by atoms with Crippen LogP contribution in [-0.4, -0.2) is 18.4 Å². The molecule has 1 aromatic carbocycles. The van der Waals surface area contributed by atoms with Gasteiger partial charge < -0.3 is 10.6 Å². The minimum atomic E-state index is -0.213. The third kappa shape index (κ3) is 2.44. The first-order valence-corrected chi connectivity index (χ1v) is 8.86. The van der Waals surface area contributed by atoms with Gasteiger partial charge in [-0.25, -0.2) is 0 Å². The zero-order valence-electron chi connectivity index (χ0n) is 13.1. The largest absolute Gasteiger partial charge is 0.352 e. The summed E-state index contributed by atoms with van der Waals surface area (Å²) in [6.45, 7) is 2.40. The number of fused-ring (bicyclic) bond motifs is 5. The lowest BCUT2D eigenvalue weighted by atomic mass is 10.0. The Hall–Kier alpha value is -1.55. The molecule has 0 heterocycles. The van der Waals surface area contributed by atoms with Gasteiger partial charge in [0.05, 0.1) is 10.6 Å². The lowest BCUT2D eigenvalue weighted by molar-refractivity contribution is -0.118. The second-order valence-electron chi connectivity index (χ2n) is 7.06. The molecule has 4 rings (SSSR count). The minimum Gasteiger partial charge on any atom is -0.352 e. The fraction of sp³-hybridized carbons (Fsp3) is 0.556. The molecule has 122 valence electrons. The molecule has 1 aromatic rings. The van der Waals surface area contributed by atoms with E-state index in [-0.39, 0.29) is 17.7 Å². The molecular formula is C18H21ClN2O2. The van der Waals surface area contributed by atoms with Crippen LogP contribution in [0.2, 0.25) is 5.02 Å². The average molecular weight is 333 g/mol. The molecule has 4 nitrogen and oxygen atoms in total. The smallest absolute Gasteiger partial charge is 0.252 e. The van der Waals surface area contributed by atoms with Gasteiger partial charge in [-0.05, 0) is 68.1 Å². The number of benzene rings is 1. The molecule has 1 unspecified atom stereocenters. The Balaban J connectivity index is 1.46. The number of amides is 2. The average Bonchev–Trinajstić information content (AvgIpc) is 2.98. The summed E-state index contributed by atoms with van der Waals surface area (Å²) in [5.41, 5.74) is 1.06. The molecule has 0 aliphatic heterocycles. The number of nitrogens with one attached hydrogen (secondary N) is 2. The lowest BCUT2D eigenvalue weighted by Crippen LogP contribution is -2.23. The van der Waals surface area contributed by atoms with E-state index < -0.39 is 0 Å². The molecule has 3 aliphatic rings. The zero-order valence-corrected chi connectivity index (χ0v) is 13.9. The van der Waals surface area contributed by atoms with Crippen molar-refractivity contribution in [1.82, 2.24) is 5.32 Å². The maximum Gasteiger partial charge on any atom is 0.252 e. The Kier molecular flexibility index (Phi) is 3.60. The highest BCUT2D eigenvalue weighted by atomic mass is 35.5. The van der Waals surface area contributed by atoms with Crippen LogP contribution in [0.4, 0.5) is 5.69 Å². The van der Waals surface area contributed by atoms with Crippen LogP contribution in [0.15, 0.2) is 18.2 Å². The van der Waals surface area contributed by atoms with Gasteiger partial charge in [0.25, 0.3) is 5.91 Å². The van der Waals surface area contributed by atoms with Crippen molar-refractivity contribution in [3.05, 3.63) is 28.8 Å². The number of anilines is 1. The van der Waals surface area contributed by atoms with E-state index in [0.717, 1.165) is 11.8 Å². The Bertz CT molecular complexity index is 659. The van der Waals surface area contributed by atoms with Gasteiger partial charge in [0, 0.05) is 18.2 Å². The highest BCUT2D eigenvalue weighted by Gasteiger charge is 2.67. The van der Waals surface area contributed by atoms with Gasteiger partial charge in [-0.2, -0.15) is 0 Å². The van der Waals surface area contributed by atoms with E-state index in [0.29, 0.717) is 34.7 Å². The van der Waals surface area contributed by atoms with E-state index in [4.69, 9.17) is 11.6 Å². The van der Waals surface area contributed by atoms with Crippen LogP contribution in [0.5, 0.6) is 0 Å². The van der Waals surface area contributed by atoms with Crippen LogP contribution in [0.3, 0.4) is 0 Å². The van der Waals surface area contributed by atoms with Gasteiger partial charge in [0.15, 0.2) is 0 Å². The molecule has 2 bridgehead atoms. The predicted molar refractivity (Wildman–Crippen MR) is 89.4 cm³/mol. The summed E-state index contributed by atoms with van der Waals surface area (Å²) in [6.07, 6.45) is 3.94. The van der Waals surface area contributed by atoms with Crippen LogP contribution in [0.25, 0.3) is 0 Å². The summed E-state index contributed by atoms with van der Waals surface area (Å²) in [5, 5.41) is 6.12. The topological polar surface area (TPSA) is 58.2 Å². The predicted octanol–water partition coefficient (Wildman–Crippen LogP) is 3.32. The molecule has 0 saturated heterocycles. The third-order valence-electron chi connectivity index (χ3n) is 5.85. The molecular weight excluding hydrogens is 312 g/mol. The van der Waals surface area contributed by atoms with Crippen molar-refractivity contribution < 1.29 is 9.59 Å². The minimum absolute atomic E-state index is 0.112. The van der Waals surface area contributed by atoms with Crippen molar-refractivity contribution in [2.45, 2.75) is 26.2 Å². The fourth-order valence-corrected chi connectivity index (χ4v) is 5.14. The molecule has 0 radical (unpaired) electrons. The van der Waals surface area contributed by atoms with E-state index in [9.17, 15) is 9.59 Å². The van der Waals surface area contributed by atoms with Gasteiger partial charge in [0.2, 0.25) is 5.91 Å². The van der Waals surface area contributed by atoms with Gasteiger partial charge in [0.1, 0.15) is 0 Å². The summed E-state index contributed by atoms with van der Waals surface area (Å²) in [4.78, 5) is 24.5. The second kappa shape index (κ2) is 5.52. The second-order valence-corrected chi connectivity index (χ2v) is 7.46. The third-order valence-corrected chi connectivity index (χ3v) is 6.18. The zero-order chi connectivity index (χ0) is 16.1. The number of halogens is 1. The molecule has 2 amide bonds. The Morgan fingerprint density at radius 2 is 1.91 bits per heavy atom. The van der Waals surface area contributed by atoms with Crippen LogP contribution in [0.1, 0.15) is 36.5 Å². The van der Waals surface area contributed by atoms with Crippen LogP contribution < -0.4 is 10.6 Å². The number of hydrogen-bond acceptors (Lipinski definition) is 2. The normalized spacial score (nSPS) is 33.2. The Morgan fingerprint density at radius 3 is 2.57 bits per heavy atom. The molecule has 23 heavy (non-hydrogen) atoms. The summed E-state index contributed by atoms with van der Waals surface area (Å²) in [7, 11) is 0. The highest BCUT2D eigenvalue weighted by molar-refractivity contribution is 6.34. The maximum absolute atomic E-state index is 12.6. The monoisotopic (exact) mass is 332 g/mol. The molecule has 2 N–H and O–H groups in total. The quantitative estimate of drug-likeness (QED) is 0.888. The first-order valence-electron chi connectivity index (χ1n) is 8.48. The van der Waals surface area contributed by atoms with Gasteiger partial charge in [-0.3, -0.25) is 9.59 Å². The number of carbonyl (C=O) groups is 2. The van der Waals surface area contributed by atoms with Crippen molar-refractivity contribution in [3.8, 4) is 0 Å². The summed E-state index contributed by atoms with van der Waals surface area (Å²) in [5.74, 6) is 2.86. The van der Waals surface area contributed by atoms with E-state index >= 15 is 0 Å². The van der Waals surface area contributed by atoms with Crippen LogP contribution in [-0.2, 0) is 4.79 Å². The standard InChI is InChI=1S/C18H21ClN2O2/c1-2-20-17(22)12-8-11(5-6-13(12)19)21-18(23)16-14-9-3-4-10(7-9)15(14)16/h5-6,8-10,14-16H,2-4,7H2,1H3,(H,20,22)(H,21,23)/t9-,10+,14+,15-,16?. The molecule has 0 aromatic heterocycles. The molecule has 5 atom stereocenters. The first kappa shape index (κ1) is 15.0. The summed E-state index contributed by atoms with van der Waals surface area (Å²) in [6, 6.07) is 5.09. The summed E-state index contributed by atoms with van der Waals surface area (Å²) >= 11 is 6.09. The highest BCUT2D eigenvalue weighted by Crippen LogP contribution is 2.69. The van der Waals surface area contributed by atoms with Crippen molar-refractivity contribution >= 4 is 29.1 Å². The van der Waals surface area contributed by atoms with E-state index in [2.05, 4.69) is 10.6 Å². The fourth-order valence-electron chi connectivity index (χ4n) is 4.93. The maximum atomic E-state index is 12.6. The van der Waals surface area contributed by atoms with Crippen molar-refractivity contribution in [1.29, 1.82) is 0 Å². The number of carbonyl (C=O) groups excluding carboxylic acids is 2. The van der Waals surface area contributed by atoms with Crippen molar-refractivity contribution in [3.63, 3.8) is 0 Å². The molecule has 0 spiro atoms. The first-order chi connectivity index (χ1) is 11.1. The molecule has 3 fully saturated rings.